The van der Waals surface area contributed by atoms with E-state index in [4.69, 9.17) is 11.0 Å². The number of aliphatic hydroxyl groups excluding tert-OH is 1. The van der Waals surface area contributed by atoms with Gasteiger partial charge in [-0.2, -0.15) is 5.26 Å². The van der Waals surface area contributed by atoms with E-state index in [0.29, 0.717) is 18.5 Å². The number of nitrogens with one attached hydrogen (secondary N) is 1. The van der Waals surface area contributed by atoms with Crippen molar-refractivity contribution in [3.05, 3.63) is 23.8 Å². The summed E-state index contributed by atoms with van der Waals surface area (Å²) in [6.45, 7) is -0.247. The van der Waals surface area contributed by atoms with E-state index in [0.717, 1.165) is 12.8 Å². The molecule has 0 amide bonds. The lowest BCUT2D eigenvalue weighted by Crippen LogP contribution is -2.49. The molecule has 1 aromatic carbocycles. The van der Waals surface area contributed by atoms with Gasteiger partial charge in [-0.3, -0.25) is 0 Å². The first-order valence-corrected chi connectivity index (χ1v) is 7.85. The predicted octanol–water partition coefficient (Wildman–Crippen LogP) is 0.724. The monoisotopic (exact) mass is 295 g/mol. The van der Waals surface area contributed by atoms with E-state index in [1.807, 2.05) is 6.07 Å². The minimum absolute atomic E-state index is 0.00332. The highest BCUT2D eigenvalue weighted by atomic mass is 32.2. The molecular weight excluding hydrogens is 278 g/mol. The maximum atomic E-state index is 12.4. The quantitative estimate of drug-likeness (QED) is 0.708. The molecule has 0 radical (unpaired) electrons. The Kier molecular flexibility index (Phi) is 3.99. The van der Waals surface area contributed by atoms with Crippen LogP contribution in [-0.2, 0) is 10.0 Å². The Morgan fingerprint density at radius 2 is 2.05 bits per heavy atom. The fourth-order valence-corrected chi connectivity index (χ4v) is 4.14. The molecule has 2 rings (SSSR count). The number of rotatable bonds is 4. The fourth-order valence-electron chi connectivity index (χ4n) is 2.55. The average molecular weight is 295 g/mol. The van der Waals surface area contributed by atoms with Crippen LogP contribution in [-0.4, -0.2) is 25.7 Å². The van der Waals surface area contributed by atoms with Gasteiger partial charge in [0.05, 0.1) is 22.6 Å². The van der Waals surface area contributed by atoms with Crippen molar-refractivity contribution in [2.24, 2.45) is 0 Å². The number of nitrogens with zero attached hydrogens (tertiary/aromatic N) is 1. The molecule has 0 bridgehead atoms. The lowest BCUT2D eigenvalue weighted by molar-refractivity contribution is 0.185. The number of nitrogens with two attached hydrogens (primary N) is 1. The van der Waals surface area contributed by atoms with Gasteiger partial charge < -0.3 is 10.8 Å². The lowest BCUT2D eigenvalue weighted by atomic mass is 10.0. The molecule has 1 aromatic rings. The molecule has 0 heterocycles. The topological polar surface area (TPSA) is 116 Å². The van der Waals surface area contributed by atoms with Crippen LogP contribution in [0.15, 0.2) is 23.1 Å². The molecule has 0 atom stereocenters. The summed E-state index contributed by atoms with van der Waals surface area (Å²) in [5.74, 6) is 0. The highest BCUT2D eigenvalue weighted by molar-refractivity contribution is 7.89. The summed E-state index contributed by atoms with van der Waals surface area (Å²) in [5, 5.41) is 18.5. The van der Waals surface area contributed by atoms with Crippen LogP contribution in [0.4, 0.5) is 5.69 Å². The molecular formula is C13H17N3O3S. The minimum atomic E-state index is -3.86. The van der Waals surface area contributed by atoms with E-state index in [2.05, 4.69) is 4.72 Å². The van der Waals surface area contributed by atoms with E-state index in [-0.39, 0.29) is 17.1 Å². The maximum Gasteiger partial charge on any atom is 0.242 e. The van der Waals surface area contributed by atoms with E-state index in [9.17, 15) is 13.5 Å². The van der Waals surface area contributed by atoms with Gasteiger partial charge in [-0.1, -0.05) is 12.8 Å². The number of anilines is 1. The van der Waals surface area contributed by atoms with Gasteiger partial charge in [-0.15, -0.1) is 0 Å². The van der Waals surface area contributed by atoms with Crippen molar-refractivity contribution in [3.8, 4) is 6.07 Å². The first-order chi connectivity index (χ1) is 9.42. The summed E-state index contributed by atoms with van der Waals surface area (Å²) in [6, 6.07) is 5.92. The van der Waals surface area contributed by atoms with Gasteiger partial charge in [0.15, 0.2) is 0 Å². The molecule has 0 aliphatic heterocycles. The van der Waals surface area contributed by atoms with Crippen molar-refractivity contribution in [1.29, 1.82) is 5.26 Å². The van der Waals surface area contributed by atoms with Gasteiger partial charge in [0, 0.05) is 5.69 Å². The van der Waals surface area contributed by atoms with Crippen molar-refractivity contribution in [1.82, 2.24) is 4.72 Å². The smallest absolute Gasteiger partial charge is 0.242 e. The molecule has 1 aliphatic rings. The zero-order chi connectivity index (χ0) is 14.8. The minimum Gasteiger partial charge on any atom is -0.399 e. The summed E-state index contributed by atoms with van der Waals surface area (Å²) < 4.78 is 27.4. The molecule has 0 aromatic heterocycles. The Morgan fingerprint density at radius 3 is 2.60 bits per heavy atom. The molecule has 1 aliphatic carbocycles. The zero-order valence-electron chi connectivity index (χ0n) is 11.0. The van der Waals surface area contributed by atoms with E-state index in [1.165, 1.54) is 18.2 Å². The normalized spacial score (nSPS) is 17.8. The van der Waals surface area contributed by atoms with E-state index < -0.39 is 15.6 Å². The Labute approximate surface area is 118 Å². The van der Waals surface area contributed by atoms with Gasteiger partial charge in [-0.25, -0.2) is 13.1 Å². The molecule has 7 heteroatoms. The first-order valence-electron chi connectivity index (χ1n) is 6.37. The molecule has 1 fully saturated rings. The van der Waals surface area contributed by atoms with E-state index in [1.54, 1.807) is 0 Å². The number of nitriles is 1. The first kappa shape index (κ1) is 14.8. The van der Waals surface area contributed by atoms with Crippen LogP contribution in [0.5, 0.6) is 0 Å². The SMILES string of the molecule is N#Cc1cc(N)ccc1S(=O)(=O)NC1(CO)CCCC1. The molecule has 0 saturated heterocycles. The summed E-state index contributed by atoms with van der Waals surface area (Å²) in [5.41, 5.74) is 5.08. The molecule has 4 N–H and O–H groups in total. The summed E-state index contributed by atoms with van der Waals surface area (Å²) in [7, 11) is -3.86. The second-order valence-electron chi connectivity index (χ2n) is 5.12. The standard InChI is InChI=1S/C13H17N3O3S/c14-8-10-7-11(15)3-4-12(10)20(18,19)16-13(9-17)5-1-2-6-13/h3-4,7,16-17H,1-2,5-6,9,15H2. The van der Waals surface area contributed by atoms with Gasteiger partial charge in [0.25, 0.3) is 0 Å². The highest BCUT2D eigenvalue weighted by Crippen LogP contribution is 2.31. The summed E-state index contributed by atoms with van der Waals surface area (Å²) >= 11 is 0. The van der Waals surface area contributed by atoms with Crippen LogP contribution in [0.1, 0.15) is 31.2 Å². The Hall–Kier alpha value is -1.62. The number of aliphatic hydroxyl groups is 1. The van der Waals surface area contributed by atoms with Gasteiger partial charge >= 0.3 is 0 Å². The Morgan fingerprint density at radius 1 is 1.40 bits per heavy atom. The molecule has 20 heavy (non-hydrogen) atoms. The summed E-state index contributed by atoms with van der Waals surface area (Å²) in [6.07, 6.45) is 2.94. The second-order valence-corrected chi connectivity index (χ2v) is 6.77. The Balaban J connectivity index is 2.39. The largest absolute Gasteiger partial charge is 0.399 e. The van der Waals surface area contributed by atoms with Crippen molar-refractivity contribution < 1.29 is 13.5 Å². The average Bonchev–Trinajstić information content (AvgIpc) is 2.86. The number of hydrogen-bond acceptors (Lipinski definition) is 5. The van der Waals surface area contributed by atoms with Gasteiger partial charge in [-0.05, 0) is 31.0 Å². The number of nitrogen functional groups attached to an aromatic ring is 1. The van der Waals surface area contributed by atoms with Crippen LogP contribution < -0.4 is 10.5 Å². The van der Waals surface area contributed by atoms with Gasteiger partial charge in [0.1, 0.15) is 6.07 Å². The molecule has 6 nitrogen and oxygen atoms in total. The molecule has 0 spiro atoms. The third kappa shape index (κ3) is 2.77. The maximum absolute atomic E-state index is 12.4. The highest BCUT2D eigenvalue weighted by Gasteiger charge is 2.38. The predicted molar refractivity (Wildman–Crippen MR) is 74.2 cm³/mol. The molecule has 108 valence electrons. The van der Waals surface area contributed by atoms with Crippen LogP contribution in [0.25, 0.3) is 0 Å². The van der Waals surface area contributed by atoms with Gasteiger partial charge in [0.2, 0.25) is 10.0 Å². The van der Waals surface area contributed by atoms with Crippen molar-refractivity contribution in [2.45, 2.75) is 36.1 Å². The van der Waals surface area contributed by atoms with Crippen LogP contribution in [0, 0.1) is 11.3 Å². The van der Waals surface area contributed by atoms with E-state index >= 15 is 0 Å². The number of sulfonamides is 1. The van der Waals surface area contributed by atoms with Crippen LogP contribution >= 0.6 is 0 Å². The molecule has 1 saturated carbocycles. The molecule has 0 unspecified atom stereocenters. The van der Waals surface area contributed by atoms with Crippen molar-refractivity contribution in [2.75, 3.05) is 12.3 Å². The van der Waals surface area contributed by atoms with Crippen LogP contribution in [0.3, 0.4) is 0 Å². The number of hydrogen-bond donors (Lipinski definition) is 3. The lowest BCUT2D eigenvalue weighted by Gasteiger charge is -2.27. The van der Waals surface area contributed by atoms with Crippen LogP contribution in [0.2, 0.25) is 0 Å². The van der Waals surface area contributed by atoms with Crippen molar-refractivity contribution in [3.63, 3.8) is 0 Å². The fraction of sp³-hybridized carbons (Fsp3) is 0.462. The van der Waals surface area contributed by atoms with Crippen molar-refractivity contribution >= 4 is 15.7 Å². The summed E-state index contributed by atoms with van der Waals surface area (Å²) in [4.78, 5) is -0.103. The Bertz CT molecular complexity index is 643. The third-order valence-corrected chi connectivity index (χ3v) is 5.26. The zero-order valence-corrected chi connectivity index (χ0v) is 11.8. The second kappa shape index (κ2) is 5.40. The number of benzene rings is 1. The third-order valence-electron chi connectivity index (χ3n) is 3.63.